The summed E-state index contributed by atoms with van der Waals surface area (Å²) in [6, 6.07) is 7.18. The van der Waals surface area contributed by atoms with Crippen molar-refractivity contribution in [1.82, 2.24) is 15.1 Å². The lowest BCUT2D eigenvalue weighted by Crippen LogP contribution is -2.45. The van der Waals surface area contributed by atoms with Gasteiger partial charge in [-0.2, -0.15) is 0 Å². The fourth-order valence-electron chi connectivity index (χ4n) is 4.52. The molecule has 1 saturated carbocycles. The first-order valence-electron chi connectivity index (χ1n) is 9.60. The SMILES string of the molecule is O=C1c2ccccc2C(=O)N1CC1CCC(CN2CCNCC2)CC1. The zero-order valence-electron chi connectivity index (χ0n) is 14.7. The fourth-order valence-corrected chi connectivity index (χ4v) is 4.52. The lowest BCUT2D eigenvalue weighted by molar-refractivity contribution is 0.0604. The van der Waals surface area contributed by atoms with Crippen molar-refractivity contribution < 1.29 is 9.59 Å². The molecule has 2 amide bonds. The molecule has 2 heterocycles. The number of rotatable bonds is 4. The Labute approximate surface area is 149 Å². The molecule has 0 atom stereocenters. The average molecular weight is 341 g/mol. The second kappa shape index (κ2) is 7.26. The summed E-state index contributed by atoms with van der Waals surface area (Å²) in [7, 11) is 0. The Morgan fingerprint density at radius 2 is 1.36 bits per heavy atom. The number of imide groups is 1. The van der Waals surface area contributed by atoms with Crippen LogP contribution in [0.3, 0.4) is 0 Å². The van der Waals surface area contributed by atoms with Gasteiger partial charge in [0.05, 0.1) is 11.1 Å². The van der Waals surface area contributed by atoms with E-state index in [1.54, 1.807) is 12.1 Å². The van der Waals surface area contributed by atoms with E-state index in [9.17, 15) is 9.59 Å². The summed E-state index contributed by atoms with van der Waals surface area (Å²) in [5.74, 6) is 1.02. The van der Waals surface area contributed by atoms with Crippen LogP contribution in [0.15, 0.2) is 24.3 Å². The Hall–Kier alpha value is -1.72. The predicted octanol–water partition coefficient (Wildman–Crippen LogP) is 1.99. The lowest BCUT2D eigenvalue weighted by atomic mass is 9.81. The molecule has 5 heteroatoms. The quantitative estimate of drug-likeness (QED) is 0.851. The second-order valence-corrected chi connectivity index (χ2v) is 7.70. The maximum Gasteiger partial charge on any atom is 0.261 e. The molecule has 1 N–H and O–H groups in total. The van der Waals surface area contributed by atoms with E-state index < -0.39 is 0 Å². The molecule has 3 aliphatic rings. The smallest absolute Gasteiger partial charge is 0.261 e. The minimum absolute atomic E-state index is 0.108. The van der Waals surface area contributed by atoms with Crippen molar-refractivity contribution in [3.05, 3.63) is 35.4 Å². The van der Waals surface area contributed by atoms with Crippen molar-refractivity contribution in [2.45, 2.75) is 25.7 Å². The van der Waals surface area contributed by atoms with Gasteiger partial charge in [0, 0.05) is 39.3 Å². The van der Waals surface area contributed by atoms with Crippen molar-refractivity contribution >= 4 is 11.8 Å². The van der Waals surface area contributed by atoms with Crippen molar-refractivity contribution in [3.63, 3.8) is 0 Å². The monoisotopic (exact) mass is 341 g/mol. The first-order chi connectivity index (χ1) is 12.2. The highest BCUT2D eigenvalue weighted by Gasteiger charge is 2.37. The van der Waals surface area contributed by atoms with Gasteiger partial charge >= 0.3 is 0 Å². The topological polar surface area (TPSA) is 52.7 Å². The van der Waals surface area contributed by atoms with E-state index in [1.165, 1.54) is 24.3 Å². The number of carbonyl (C=O) groups is 2. The maximum atomic E-state index is 12.5. The number of nitrogens with one attached hydrogen (secondary N) is 1. The van der Waals surface area contributed by atoms with Gasteiger partial charge in [-0.3, -0.25) is 14.5 Å². The molecule has 2 aliphatic heterocycles. The van der Waals surface area contributed by atoms with Crippen LogP contribution in [0.2, 0.25) is 0 Å². The van der Waals surface area contributed by atoms with E-state index in [0.717, 1.165) is 44.9 Å². The molecule has 0 bridgehead atoms. The standard InChI is InChI=1S/C20H27N3O2/c24-19-17-3-1-2-4-18(17)20(25)23(19)14-16-7-5-15(6-8-16)13-22-11-9-21-10-12-22/h1-4,15-16,21H,5-14H2. The van der Waals surface area contributed by atoms with Crippen molar-refractivity contribution in [3.8, 4) is 0 Å². The minimum Gasteiger partial charge on any atom is -0.314 e. The van der Waals surface area contributed by atoms with E-state index in [4.69, 9.17) is 0 Å². The third-order valence-corrected chi connectivity index (χ3v) is 6.01. The number of fused-ring (bicyclic) bond motifs is 1. The summed E-state index contributed by atoms with van der Waals surface area (Å²) in [5.41, 5.74) is 1.14. The van der Waals surface area contributed by atoms with Gasteiger partial charge in [-0.25, -0.2) is 0 Å². The predicted molar refractivity (Wildman–Crippen MR) is 96.6 cm³/mol. The molecular formula is C20H27N3O2. The highest BCUT2D eigenvalue weighted by molar-refractivity contribution is 6.21. The van der Waals surface area contributed by atoms with Crippen molar-refractivity contribution in [2.75, 3.05) is 39.3 Å². The largest absolute Gasteiger partial charge is 0.314 e. The fraction of sp³-hybridized carbons (Fsp3) is 0.600. The number of amides is 2. The molecule has 1 aromatic carbocycles. The highest BCUT2D eigenvalue weighted by Crippen LogP contribution is 2.32. The molecule has 5 nitrogen and oxygen atoms in total. The van der Waals surface area contributed by atoms with Crippen LogP contribution in [-0.4, -0.2) is 60.9 Å². The van der Waals surface area contributed by atoms with Crippen LogP contribution in [0.5, 0.6) is 0 Å². The molecule has 0 spiro atoms. The van der Waals surface area contributed by atoms with Crippen LogP contribution in [0.25, 0.3) is 0 Å². The van der Waals surface area contributed by atoms with Crippen LogP contribution in [0.4, 0.5) is 0 Å². The van der Waals surface area contributed by atoms with Gasteiger partial charge in [-0.05, 0) is 49.7 Å². The Morgan fingerprint density at radius 1 is 0.840 bits per heavy atom. The maximum absolute atomic E-state index is 12.5. The average Bonchev–Trinajstić information content (AvgIpc) is 2.89. The van der Waals surface area contributed by atoms with E-state index in [-0.39, 0.29) is 11.8 Å². The number of benzene rings is 1. The van der Waals surface area contributed by atoms with E-state index in [0.29, 0.717) is 23.6 Å². The Balaban J connectivity index is 1.29. The van der Waals surface area contributed by atoms with Gasteiger partial charge in [-0.1, -0.05) is 12.1 Å². The Morgan fingerprint density at radius 3 is 1.92 bits per heavy atom. The van der Waals surface area contributed by atoms with Crippen LogP contribution in [0.1, 0.15) is 46.4 Å². The van der Waals surface area contributed by atoms with Crippen LogP contribution < -0.4 is 5.32 Å². The normalized spacial score (nSPS) is 27.6. The molecule has 1 aliphatic carbocycles. The zero-order valence-corrected chi connectivity index (χ0v) is 14.7. The van der Waals surface area contributed by atoms with Gasteiger partial charge in [0.1, 0.15) is 0 Å². The lowest BCUT2D eigenvalue weighted by Gasteiger charge is -2.35. The van der Waals surface area contributed by atoms with Gasteiger partial charge in [0.25, 0.3) is 11.8 Å². The summed E-state index contributed by atoms with van der Waals surface area (Å²) in [4.78, 5) is 29.1. The molecule has 4 rings (SSSR count). The molecule has 2 fully saturated rings. The number of nitrogens with zero attached hydrogens (tertiary/aromatic N) is 2. The molecule has 134 valence electrons. The van der Waals surface area contributed by atoms with Gasteiger partial charge < -0.3 is 10.2 Å². The molecule has 0 unspecified atom stereocenters. The summed E-state index contributed by atoms with van der Waals surface area (Å²) < 4.78 is 0. The molecule has 25 heavy (non-hydrogen) atoms. The van der Waals surface area contributed by atoms with Gasteiger partial charge in [-0.15, -0.1) is 0 Å². The molecule has 1 saturated heterocycles. The third kappa shape index (κ3) is 3.48. The van der Waals surface area contributed by atoms with E-state index in [1.807, 2.05) is 12.1 Å². The van der Waals surface area contributed by atoms with E-state index in [2.05, 4.69) is 10.2 Å². The number of hydrogen-bond acceptors (Lipinski definition) is 4. The summed E-state index contributed by atoms with van der Waals surface area (Å²) in [6.45, 7) is 6.34. The number of piperazine rings is 1. The third-order valence-electron chi connectivity index (χ3n) is 6.01. The first-order valence-corrected chi connectivity index (χ1v) is 9.60. The molecule has 0 radical (unpaired) electrons. The molecular weight excluding hydrogens is 314 g/mol. The first kappa shape index (κ1) is 16.7. The van der Waals surface area contributed by atoms with E-state index >= 15 is 0 Å². The van der Waals surface area contributed by atoms with Gasteiger partial charge in [0.2, 0.25) is 0 Å². The number of hydrogen-bond donors (Lipinski definition) is 1. The van der Waals surface area contributed by atoms with Crippen molar-refractivity contribution in [1.29, 1.82) is 0 Å². The number of carbonyl (C=O) groups excluding carboxylic acids is 2. The van der Waals surface area contributed by atoms with Crippen LogP contribution in [-0.2, 0) is 0 Å². The Kier molecular flexibility index (Phi) is 4.86. The highest BCUT2D eigenvalue weighted by atomic mass is 16.2. The summed E-state index contributed by atoms with van der Waals surface area (Å²) >= 11 is 0. The Bertz CT molecular complexity index is 611. The van der Waals surface area contributed by atoms with Gasteiger partial charge in [0.15, 0.2) is 0 Å². The molecule has 1 aromatic rings. The minimum atomic E-state index is -0.108. The molecule has 0 aromatic heterocycles. The van der Waals surface area contributed by atoms with Crippen molar-refractivity contribution in [2.24, 2.45) is 11.8 Å². The second-order valence-electron chi connectivity index (χ2n) is 7.70. The van der Waals surface area contributed by atoms with Crippen LogP contribution >= 0.6 is 0 Å². The summed E-state index contributed by atoms with van der Waals surface area (Å²) in [6.07, 6.45) is 4.70. The summed E-state index contributed by atoms with van der Waals surface area (Å²) in [5, 5.41) is 3.40. The zero-order chi connectivity index (χ0) is 17.2. The van der Waals surface area contributed by atoms with Crippen LogP contribution in [0, 0.1) is 11.8 Å².